The molecule has 0 spiro atoms. The number of amides is 3. The molecule has 0 saturated heterocycles. The largest absolute Gasteiger partial charge is 0.333 e. The number of halogens is 1. The number of hydrogen-bond acceptors (Lipinski definition) is 3. The first-order chi connectivity index (χ1) is 11.6. The smallest absolute Gasteiger partial charge is 0.333 e. The van der Waals surface area contributed by atoms with Crippen LogP contribution < -0.4 is 21.9 Å². The second kappa shape index (κ2) is 8.90. The summed E-state index contributed by atoms with van der Waals surface area (Å²) < 4.78 is 0. The molecule has 7 heteroatoms. The monoisotopic (exact) mass is 346 g/mol. The van der Waals surface area contributed by atoms with Crippen molar-refractivity contribution in [2.75, 3.05) is 0 Å². The highest BCUT2D eigenvalue weighted by Crippen LogP contribution is 2.14. The highest BCUT2D eigenvalue weighted by molar-refractivity contribution is 6.31. The minimum Gasteiger partial charge on any atom is -0.333 e. The van der Waals surface area contributed by atoms with Crippen molar-refractivity contribution in [1.29, 1.82) is 0 Å². The van der Waals surface area contributed by atoms with Crippen LogP contribution in [-0.2, 0) is 17.8 Å². The minimum atomic E-state index is -0.753. The van der Waals surface area contributed by atoms with E-state index in [0.717, 1.165) is 11.1 Å². The van der Waals surface area contributed by atoms with Gasteiger partial charge >= 0.3 is 6.03 Å². The summed E-state index contributed by atoms with van der Waals surface area (Å²) in [5.74, 6) is -0.466. The molecule has 1 unspecified atom stereocenters. The van der Waals surface area contributed by atoms with Crippen molar-refractivity contribution in [2.24, 2.45) is 5.73 Å². The maximum atomic E-state index is 11.9. The molecule has 3 amide bonds. The fourth-order valence-corrected chi connectivity index (χ4v) is 2.24. The first-order valence-electron chi connectivity index (χ1n) is 7.43. The van der Waals surface area contributed by atoms with Gasteiger partial charge in [0, 0.05) is 11.6 Å². The van der Waals surface area contributed by atoms with Crippen molar-refractivity contribution < 1.29 is 9.59 Å². The Morgan fingerprint density at radius 3 is 2.38 bits per heavy atom. The van der Waals surface area contributed by atoms with E-state index in [1.165, 1.54) is 0 Å². The lowest BCUT2D eigenvalue weighted by Gasteiger charge is -2.14. The lowest BCUT2D eigenvalue weighted by atomic mass is 10.1. The number of benzene rings is 2. The van der Waals surface area contributed by atoms with E-state index >= 15 is 0 Å². The second-order valence-electron chi connectivity index (χ2n) is 5.18. The molecule has 0 heterocycles. The fourth-order valence-electron chi connectivity index (χ4n) is 2.03. The quantitative estimate of drug-likeness (QED) is 0.621. The molecule has 0 aliphatic rings. The van der Waals surface area contributed by atoms with E-state index in [2.05, 4.69) is 16.2 Å². The number of carbonyl (C=O) groups excluding carboxylic acids is 2. The van der Waals surface area contributed by atoms with E-state index in [1.54, 1.807) is 18.2 Å². The summed E-state index contributed by atoms with van der Waals surface area (Å²) in [4.78, 5) is 23.6. The topological polar surface area (TPSA) is 96.2 Å². The highest BCUT2D eigenvalue weighted by atomic mass is 35.5. The number of nitrogens with two attached hydrogens (primary N) is 1. The van der Waals surface area contributed by atoms with Crippen LogP contribution >= 0.6 is 11.6 Å². The normalized spacial score (nSPS) is 11.4. The van der Waals surface area contributed by atoms with Gasteiger partial charge in [-0.05, 0) is 23.6 Å². The average Bonchev–Trinajstić information content (AvgIpc) is 2.59. The van der Waals surface area contributed by atoms with Crippen molar-refractivity contribution >= 4 is 23.5 Å². The SMILES string of the molecule is NC(Cc1ccccc1)C(=O)NNC(=O)NCc1ccccc1Cl. The number of urea groups is 1. The number of nitrogens with one attached hydrogen (secondary N) is 3. The van der Waals surface area contributed by atoms with E-state index in [1.807, 2.05) is 36.4 Å². The molecule has 2 aromatic rings. The minimum absolute atomic E-state index is 0.247. The molecular formula is C17H19ClN4O2. The molecule has 0 radical (unpaired) electrons. The second-order valence-corrected chi connectivity index (χ2v) is 5.59. The van der Waals surface area contributed by atoms with Crippen LogP contribution in [0.25, 0.3) is 0 Å². The molecule has 0 bridgehead atoms. The summed E-state index contributed by atoms with van der Waals surface area (Å²) in [7, 11) is 0. The molecule has 0 aliphatic carbocycles. The average molecular weight is 347 g/mol. The third-order valence-corrected chi connectivity index (χ3v) is 3.70. The number of carbonyl (C=O) groups is 2. The summed E-state index contributed by atoms with van der Waals surface area (Å²) in [6.07, 6.45) is 0.385. The van der Waals surface area contributed by atoms with E-state index < -0.39 is 18.0 Å². The van der Waals surface area contributed by atoms with Crippen LogP contribution in [0.15, 0.2) is 54.6 Å². The first kappa shape index (κ1) is 17.8. The van der Waals surface area contributed by atoms with Crippen LogP contribution in [0, 0.1) is 0 Å². The van der Waals surface area contributed by atoms with Gasteiger partial charge in [-0.1, -0.05) is 60.1 Å². The zero-order valence-electron chi connectivity index (χ0n) is 13.0. The molecule has 5 N–H and O–H groups in total. The van der Waals surface area contributed by atoms with E-state index in [-0.39, 0.29) is 6.54 Å². The van der Waals surface area contributed by atoms with E-state index in [9.17, 15) is 9.59 Å². The molecule has 2 aromatic carbocycles. The van der Waals surface area contributed by atoms with Gasteiger partial charge < -0.3 is 11.1 Å². The van der Waals surface area contributed by atoms with Gasteiger partial charge in [0.15, 0.2) is 0 Å². The van der Waals surface area contributed by atoms with Gasteiger partial charge in [0.05, 0.1) is 6.04 Å². The molecule has 24 heavy (non-hydrogen) atoms. The Kier molecular flexibility index (Phi) is 6.60. The summed E-state index contributed by atoms with van der Waals surface area (Å²) in [5.41, 5.74) is 12.1. The van der Waals surface area contributed by atoms with E-state index in [0.29, 0.717) is 11.4 Å². The third kappa shape index (κ3) is 5.57. The molecule has 1 atom stereocenters. The summed E-state index contributed by atoms with van der Waals surface area (Å²) >= 11 is 6.00. The summed E-state index contributed by atoms with van der Waals surface area (Å²) in [5, 5.41) is 3.16. The Bertz CT molecular complexity index is 694. The Hall–Kier alpha value is -2.57. The fraction of sp³-hybridized carbons (Fsp3) is 0.176. The number of rotatable bonds is 5. The molecule has 6 nitrogen and oxygen atoms in total. The Labute approximate surface area is 145 Å². The molecule has 0 aromatic heterocycles. The lowest BCUT2D eigenvalue weighted by molar-refractivity contribution is -0.123. The van der Waals surface area contributed by atoms with E-state index in [4.69, 9.17) is 17.3 Å². The predicted molar refractivity (Wildman–Crippen MR) is 93.1 cm³/mol. The third-order valence-electron chi connectivity index (χ3n) is 3.33. The van der Waals surface area contributed by atoms with Gasteiger partial charge in [-0.15, -0.1) is 0 Å². The number of hydrazine groups is 1. The highest BCUT2D eigenvalue weighted by Gasteiger charge is 2.14. The maximum absolute atomic E-state index is 11.9. The standard InChI is InChI=1S/C17H19ClN4O2/c18-14-9-5-4-8-13(14)11-20-17(24)22-21-16(23)15(19)10-12-6-2-1-3-7-12/h1-9,15H,10-11,19H2,(H,21,23)(H2,20,22,24). The van der Waals surface area contributed by atoms with Crippen LogP contribution in [0.1, 0.15) is 11.1 Å². The zero-order valence-corrected chi connectivity index (χ0v) is 13.7. The van der Waals surface area contributed by atoms with Gasteiger partial charge in [-0.3, -0.25) is 10.2 Å². The molecular weight excluding hydrogens is 328 g/mol. The molecule has 2 rings (SSSR count). The van der Waals surface area contributed by atoms with Gasteiger partial charge in [0.1, 0.15) is 0 Å². The Morgan fingerprint density at radius 2 is 1.67 bits per heavy atom. The summed E-state index contributed by atoms with van der Waals surface area (Å²) in [6.45, 7) is 0.247. The van der Waals surface area contributed by atoms with Crippen molar-refractivity contribution in [1.82, 2.24) is 16.2 Å². The van der Waals surface area contributed by atoms with Crippen molar-refractivity contribution in [3.63, 3.8) is 0 Å². The van der Waals surface area contributed by atoms with Crippen molar-refractivity contribution in [3.8, 4) is 0 Å². The van der Waals surface area contributed by atoms with Gasteiger partial charge in [0.2, 0.25) is 0 Å². The Morgan fingerprint density at radius 1 is 1.00 bits per heavy atom. The summed E-state index contributed by atoms with van der Waals surface area (Å²) in [6, 6.07) is 15.3. The van der Waals surface area contributed by atoms with Crippen molar-refractivity contribution in [3.05, 3.63) is 70.7 Å². The van der Waals surface area contributed by atoms with Crippen LogP contribution in [0.5, 0.6) is 0 Å². The molecule has 126 valence electrons. The molecule has 0 fully saturated rings. The molecule has 0 saturated carbocycles. The maximum Gasteiger partial charge on any atom is 0.333 e. The number of hydrogen-bond donors (Lipinski definition) is 4. The van der Waals surface area contributed by atoms with Gasteiger partial charge in [0.25, 0.3) is 5.91 Å². The Balaban J connectivity index is 1.73. The zero-order chi connectivity index (χ0) is 17.4. The van der Waals surface area contributed by atoms with Crippen molar-refractivity contribution in [2.45, 2.75) is 19.0 Å². The molecule has 0 aliphatic heterocycles. The van der Waals surface area contributed by atoms with Gasteiger partial charge in [-0.25, -0.2) is 10.2 Å². The lowest BCUT2D eigenvalue weighted by Crippen LogP contribution is -2.52. The van der Waals surface area contributed by atoms with Crippen LogP contribution in [-0.4, -0.2) is 18.0 Å². The predicted octanol–water partition coefficient (Wildman–Crippen LogP) is 1.74. The van der Waals surface area contributed by atoms with Crippen LogP contribution in [0.3, 0.4) is 0 Å². The first-order valence-corrected chi connectivity index (χ1v) is 7.80. The van der Waals surface area contributed by atoms with Gasteiger partial charge in [-0.2, -0.15) is 0 Å². The van der Waals surface area contributed by atoms with Crippen LogP contribution in [0.2, 0.25) is 5.02 Å². The van der Waals surface area contributed by atoms with Crippen LogP contribution in [0.4, 0.5) is 4.79 Å².